The van der Waals surface area contributed by atoms with Crippen LogP contribution in [0.3, 0.4) is 0 Å². The second-order valence-corrected chi connectivity index (χ2v) is 7.53. The topological polar surface area (TPSA) is 45.4 Å². The fourth-order valence-corrected chi connectivity index (χ4v) is 4.62. The second kappa shape index (κ2) is 7.07. The predicted molar refractivity (Wildman–Crippen MR) is 89.9 cm³/mol. The van der Waals surface area contributed by atoms with Crippen LogP contribution in [0.2, 0.25) is 0 Å². The van der Waals surface area contributed by atoms with Crippen molar-refractivity contribution in [1.82, 2.24) is 9.88 Å². The van der Waals surface area contributed by atoms with Crippen molar-refractivity contribution in [2.45, 2.75) is 38.6 Å². The molecule has 0 spiro atoms. The van der Waals surface area contributed by atoms with Crippen molar-refractivity contribution < 1.29 is 0 Å². The summed E-state index contributed by atoms with van der Waals surface area (Å²) >= 11 is 1.74. The molecule has 3 rings (SSSR count). The van der Waals surface area contributed by atoms with Gasteiger partial charge >= 0.3 is 0 Å². The van der Waals surface area contributed by atoms with Gasteiger partial charge in [0.2, 0.25) is 0 Å². The largest absolute Gasteiger partial charge is 0.346 e. The number of hydrogen-bond donors (Lipinski definition) is 1. The van der Waals surface area contributed by atoms with Crippen molar-refractivity contribution >= 4 is 16.5 Å². The molecule has 1 aromatic rings. The first kappa shape index (κ1) is 15.3. The van der Waals surface area contributed by atoms with Crippen LogP contribution in [-0.2, 0) is 0 Å². The molecule has 1 atom stereocenters. The van der Waals surface area contributed by atoms with Crippen molar-refractivity contribution in [3.05, 3.63) is 11.6 Å². The number of thiazole rings is 1. The smallest absolute Gasteiger partial charge is 0.185 e. The van der Waals surface area contributed by atoms with Crippen molar-refractivity contribution in [3.8, 4) is 0 Å². The van der Waals surface area contributed by atoms with Crippen LogP contribution in [0, 0.1) is 11.8 Å². The SMILES string of the molecule is CC1CCC(C(CN)N2CCN(c3nccs3)CC2)CC1. The minimum absolute atomic E-state index is 0.593. The van der Waals surface area contributed by atoms with E-state index in [1.165, 1.54) is 30.8 Å². The van der Waals surface area contributed by atoms with Gasteiger partial charge in [0.15, 0.2) is 5.13 Å². The summed E-state index contributed by atoms with van der Waals surface area (Å²) in [4.78, 5) is 9.49. The van der Waals surface area contributed by atoms with E-state index in [0.29, 0.717) is 6.04 Å². The van der Waals surface area contributed by atoms with Gasteiger partial charge in [0.1, 0.15) is 0 Å². The lowest BCUT2D eigenvalue weighted by Gasteiger charge is -2.43. The Balaban J connectivity index is 1.54. The first-order valence-electron chi connectivity index (χ1n) is 8.36. The summed E-state index contributed by atoms with van der Waals surface area (Å²) in [5, 5.41) is 3.23. The Morgan fingerprint density at radius 3 is 2.52 bits per heavy atom. The van der Waals surface area contributed by atoms with Crippen LogP contribution in [0.4, 0.5) is 5.13 Å². The van der Waals surface area contributed by atoms with Gasteiger partial charge in [0.25, 0.3) is 0 Å². The Labute approximate surface area is 132 Å². The normalized spacial score (nSPS) is 29.5. The van der Waals surface area contributed by atoms with Gasteiger partial charge in [-0.2, -0.15) is 0 Å². The molecule has 1 saturated heterocycles. The number of hydrogen-bond acceptors (Lipinski definition) is 5. The molecule has 1 unspecified atom stereocenters. The third kappa shape index (κ3) is 3.58. The Hall–Kier alpha value is -0.650. The number of rotatable bonds is 4. The van der Waals surface area contributed by atoms with Gasteiger partial charge in [-0.15, -0.1) is 11.3 Å². The molecule has 0 amide bonds. The summed E-state index contributed by atoms with van der Waals surface area (Å²) in [7, 11) is 0. The molecule has 1 saturated carbocycles. The van der Waals surface area contributed by atoms with E-state index in [9.17, 15) is 0 Å². The van der Waals surface area contributed by atoms with E-state index in [0.717, 1.165) is 44.6 Å². The highest BCUT2D eigenvalue weighted by Gasteiger charge is 2.31. The molecule has 2 aliphatic rings. The molecule has 2 heterocycles. The van der Waals surface area contributed by atoms with Crippen molar-refractivity contribution in [2.24, 2.45) is 17.6 Å². The zero-order chi connectivity index (χ0) is 14.7. The molecule has 118 valence electrons. The van der Waals surface area contributed by atoms with E-state index in [1.54, 1.807) is 11.3 Å². The van der Waals surface area contributed by atoms with Crippen LogP contribution < -0.4 is 10.6 Å². The number of aromatic nitrogens is 1. The molecule has 4 nitrogen and oxygen atoms in total. The lowest BCUT2D eigenvalue weighted by molar-refractivity contribution is 0.106. The molecule has 0 radical (unpaired) electrons. The van der Waals surface area contributed by atoms with Crippen LogP contribution in [0.5, 0.6) is 0 Å². The zero-order valence-corrected chi connectivity index (χ0v) is 13.9. The van der Waals surface area contributed by atoms with E-state index >= 15 is 0 Å². The monoisotopic (exact) mass is 308 g/mol. The summed E-state index contributed by atoms with van der Waals surface area (Å²) in [6.07, 6.45) is 7.42. The van der Waals surface area contributed by atoms with Crippen molar-refractivity contribution in [3.63, 3.8) is 0 Å². The summed E-state index contributed by atoms with van der Waals surface area (Å²) < 4.78 is 0. The molecule has 2 fully saturated rings. The van der Waals surface area contributed by atoms with Gasteiger partial charge in [0, 0.05) is 50.3 Å². The van der Waals surface area contributed by atoms with Crippen LogP contribution in [0.1, 0.15) is 32.6 Å². The molecule has 2 N–H and O–H groups in total. The maximum absolute atomic E-state index is 6.13. The zero-order valence-electron chi connectivity index (χ0n) is 13.1. The van der Waals surface area contributed by atoms with Gasteiger partial charge in [-0.25, -0.2) is 4.98 Å². The average molecular weight is 308 g/mol. The first-order chi connectivity index (χ1) is 10.3. The lowest BCUT2D eigenvalue weighted by Crippen LogP contribution is -2.55. The van der Waals surface area contributed by atoms with Crippen LogP contribution in [0.15, 0.2) is 11.6 Å². The van der Waals surface area contributed by atoms with E-state index in [4.69, 9.17) is 5.73 Å². The Kier molecular flexibility index (Phi) is 5.14. The van der Waals surface area contributed by atoms with Crippen LogP contribution >= 0.6 is 11.3 Å². The molecule has 1 aliphatic carbocycles. The molecule has 5 heteroatoms. The fourth-order valence-electron chi connectivity index (χ4n) is 3.93. The molecular weight excluding hydrogens is 280 g/mol. The molecule has 21 heavy (non-hydrogen) atoms. The average Bonchev–Trinajstić information content (AvgIpc) is 3.05. The quantitative estimate of drug-likeness (QED) is 0.928. The molecule has 0 bridgehead atoms. The van der Waals surface area contributed by atoms with Gasteiger partial charge < -0.3 is 10.6 Å². The summed E-state index contributed by atoms with van der Waals surface area (Å²) in [5.74, 6) is 1.74. The summed E-state index contributed by atoms with van der Waals surface area (Å²) in [5.41, 5.74) is 6.13. The first-order valence-corrected chi connectivity index (χ1v) is 9.24. The van der Waals surface area contributed by atoms with E-state index < -0.39 is 0 Å². The molecule has 1 aromatic heterocycles. The minimum atomic E-state index is 0.593. The van der Waals surface area contributed by atoms with Crippen molar-refractivity contribution in [2.75, 3.05) is 37.6 Å². The van der Waals surface area contributed by atoms with E-state index in [2.05, 4.69) is 27.1 Å². The maximum Gasteiger partial charge on any atom is 0.185 e. The summed E-state index contributed by atoms with van der Waals surface area (Å²) in [6.45, 7) is 7.65. The second-order valence-electron chi connectivity index (χ2n) is 6.66. The Morgan fingerprint density at radius 1 is 1.24 bits per heavy atom. The minimum Gasteiger partial charge on any atom is -0.346 e. The highest BCUT2D eigenvalue weighted by molar-refractivity contribution is 7.13. The standard InChI is InChI=1S/C16H28N4S/c1-13-2-4-14(5-3-13)15(12-17)19-7-9-20(10-8-19)16-18-6-11-21-16/h6,11,13-15H,2-5,7-10,12,17H2,1H3. The number of nitrogens with two attached hydrogens (primary N) is 1. The van der Waals surface area contributed by atoms with Gasteiger partial charge in [-0.05, 0) is 24.7 Å². The van der Waals surface area contributed by atoms with E-state index in [1.807, 2.05) is 6.20 Å². The van der Waals surface area contributed by atoms with Crippen molar-refractivity contribution in [1.29, 1.82) is 0 Å². The molecule has 0 aromatic carbocycles. The third-order valence-corrected chi connectivity index (χ3v) is 6.15. The lowest BCUT2D eigenvalue weighted by atomic mass is 9.78. The molecule has 1 aliphatic heterocycles. The molecular formula is C16H28N4S. The predicted octanol–water partition coefficient (Wildman–Crippen LogP) is 2.42. The third-order valence-electron chi connectivity index (χ3n) is 5.32. The highest BCUT2D eigenvalue weighted by atomic mass is 32.1. The Morgan fingerprint density at radius 2 is 1.95 bits per heavy atom. The Bertz CT molecular complexity index is 406. The van der Waals surface area contributed by atoms with Gasteiger partial charge in [-0.3, -0.25) is 4.90 Å². The maximum atomic E-state index is 6.13. The van der Waals surface area contributed by atoms with Gasteiger partial charge in [-0.1, -0.05) is 19.8 Å². The van der Waals surface area contributed by atoms with Crippen LogP contribution in [0.25, 0.3) is 0 Å². The number of nitrogens with zero attached hydrogens (tertiary/aromatic N) is 3. The van der Waals surface area contributed by atoms with E-state index in [-0.39, 0.29) is 0 Å². The number of piperazine rings is 1. The number of anilines is 1. The van der Waals surface area contributed by atoms with Gasteiger partial charge in [0.05, 0.1) is 0 Å². The van der Waals surface area contributed by atoms with Crippen LogP contribution in [-0.4, -0.2) is 48.6 Å². The summed E-state index contributed by atoms with van der Waals surface area (Å²) in [6, 6.07) is 0.593. The fraction of sp³-hybridized carbons (Fsp3) is 0.812. The highest BCUT2D eigenvalue weighted by Crippen LogP contribution is 2.32.